The number of benzene rings is 1. The molecule has 11 nitrogen and oxygen atoms in total. The zero-order valence-electron chi connectivity index (χ0n) is 22.5. The van der Waals surface area contributed by atoms with E-state index in [0.717, 1.165) is 11.1 Å². The Bertz CT molecular complexity index is 1010. The lowest BCUT2D eigenvalue weighted by atomic mass is 9.77. The predicted octanol–water partition coefficient (Wildman–Crippen LogP) is 1.51. The highest BCUT2D eigenvalue weighted by Crippen LogP contribution is 2.35. The van der Waals surface area contributed by atoms with Crippen LogP contribution in [0.15, 0.2) is 18.2 Å². The molecule has 206 valence electrons. The standard InChI is InChI=1S/C26H40N4O7/c1-15(13-28-22(32)17(3)29-21(31)16(2)27)14-36-20-9-7-8-18-10-11-26(23(33)34,12-19(18)20)30-24(35)37-25(4,5)6/h7-9,15-17H,10-14,27H2,1-6H3,(H,28,32)(H,29,31)(H,30,35)(H,33,34)/t15?,16?,17?,26-/m0/s1. The number of alkyl carbamates (subject to hydrolysis) is 1. The van der Waals surface area contributed by atoms with Crippen molar-refractivity contribution in [3.05, 3.63) is 29.3 Å². The summed E-state index contributed by atoms with van der Waals surface area (Å²) in [7, 11) is 0. The van der Waals surface area contributed by atoms with E-state index in [1.54, 1.807) is 33.8 Å². The molecule has 0 bridgehead atoms. The number of carboxylic acids is 1. The van der Waals surface area contributed by atoms with Gasteiger partial charge in [0.25, 0.3) is 0 Å². The summed E-state index contributed by atoms with van der Waals surface area (Å²) in [6.07, 6.45) is -0.0642. The molecular weight excluding hydrogens is 480 g/mol. The smallest absolute Gasteiger partial charge is 0.408 e. The fourth-order valence-electron chi connectivity index (χ4n) is 3.89. The van der Waals surface area contributed by atoms with Crippen molar-refractivity contribution in [3.8, 4) is 5.75 Å². The van der Waals surface area contributed by atoms with Crippen LogP contribution in [0.2, 0.25) is 0 Å². The van der Waals surface area contributed by atoms with Gasteiger partial charge in [0.05, 0.1) is 12.6 Å². The molecular formula is C26H40N4O7. The Hall–Kier alpha value is -3.34. The highest BCUT2D eigenvalue weighted by molar-refractivity contribution is 5.89. The van der Waals surface area contributed by atoms with E-state index in [1.165, 1.54) is 6.92 Å². The highest BCUT2D eigenvalue weighted by atomic mass is 16.6. The molecule has 1 aromatic rings. The Morgan fingerprint density at radius 1 is 1.14 bits per heavy atom. The van der Waals surface area contributed by atoms with Crippen molar-refractivity contribution in [3.63, 3.8) is 0 Å². The first kappa shape index (κ1) is 29.9. The maximum absolute atomic E-state index is 12.4. The molecule has 2 rings (SSSR count). The second-order valence-electron chi connectivity index (χ2n) is 10.8. The van der Waals surface area contributed by atoms with E-state index >= 15 is 0 Å². The predicted molar refractivity (Wildman–Crippen MR) is 137 cm³/mol. The minimum absolute atomic E-state index is 0.0506. The molecule has 0 saturated heterocycles. The number of carbonyl (C=O) groups is 4. The number of rotatable bonds is 10. The first-order chi connectivity index (χ1) is 17.1. The molecule has 0 aromatic heterocycles. The summed E-state index contributed by atoms with van der Waals surface area (Å²) >= 11 is 0. The highest BCUT2D eigenvalue weighted by Gasteiger charge is 2.44. The van der Waals surface area contributed by atoms with Crippen molar-refractivity contribution < 1.29 is 33.8 Å². The molecule has 1 aliphatic rings. The van der Waals surface area contributed by atoms with Crippen molar-refractivity contribution in [2.24, 2.45) is 11.7 Å². The average Bonchev–Trinajstić information content (AvgIpc) is 2.79. The molecule has 6 N–H and O–H groups in total. The molecule has 0 aliphatic heterocycles. The molecule has 3 unspecified atom stereocenters. The fraction of sp³-hybridized carbons (Fsp3) is 0.615. The van der Waals surface area contributed by atoms with E-state index in [2.05, 4.69) is 16.0 Å². The Balaban J connectivity index is 2.03. The van der Waals surface area contributed by atoms with Crippen molar-refractivity contribution in [1.82, 2.24) is 16.0 Å². The number of hydrogen-bond acceptors (Lipinski definition) is 7. The Morgan fingerprint density at radius 3 is 2.41 bits per heavy atom. The molecule has 0 radical (unpaired) electrons. The van der Waals surface area contributed by atoms with Crippen molar-refractivity contribution in [2.75, 3.05) is 13.2 Å². The summed E-state index contributed by atoms with van der Waals surface area (Å²) in [6.45, 7) is 10.7. The van der Waals surface area contributed by atoms with Crippen LogP contribution in [0.5, 0.6) is 5.75 Å². The van der Waals surface area contributed by atoms with E-state index in [9.17, 15) is 24.3 Å². The van der Waals surface area contributed by atoms with Crippen molar-refractivity contribution in [2.45, 2.75) is 84.0 Å². The lowest BCUT2D eigenvalue weighted by Gasteiger charge is -2.36. The largest absolute Gasteiger partial charge is 0.493 e. The maximum atomic E-state index is 12.4. The van der Waals surface area contributed by atoms with E-state index in [1.807, 2.05) is 19.1 Å². The number of ether oxygens (including phenoxy) is 2. The van der Waals surface area contributed by atoms with E-state index in [4.69, 9.17) is 15.2 Å². The lowest BCUT2D eigenvalue weighted by Crippen LogP contribution is -2.58. The number of fused-ring (bicyclic) bond motifs is 1. The third-order valence-electron chi connectivity index (χ3n) is 5.99. The molecule has 0 heterocycles. The van der Waals surface area contributed by atoms with Crippen LogP contribution in [0.25, 0.3) is 0 Å². The Kier molecular flexibility index (Phi) is 9.91. The summed E-state index contributed by atoms with van der Waals surface area (Å²) in [5.74, 6) is -1.43. The molecule has 3 amide bonds. The van der Waals surface area contributed by atoms with Gasteiger partial charge in [0.15, 0.2) is 0 Å². The molecule has 37 heavy (non-hydrogen) atoms. The second kappa shape index (κ2) is 12.3. The first-order valence-corrected chi connectivity index (χ1v) is 12.5. The number of carbonyl (C=O) groups excluding carboxylic acids is 3. The van der Waals surface area contributed by atoms with Gasteiger partial charge >= 0.3 is 12.1 Å². The summed E-state index contributed by atoms with van der Waals surface area (Å²) in [5.41, 5.74) is 4.91. The summed E-state index contributed by atoms with van der Waals surface area (Å²) < 4.78 is 11.3. The van der Waals surface area contributed by atoms with Gasteiger partial charge in [0, 0.05) is 24.4 Å². The second-order valence-corrected chi connectivity index (χ2v) is 10.8. The van der Waals surface area contributed by atoms with Gasteiger partial charge in [0.2, 0.25) is 11.8 Å². The summed E-state index contributed by atoms with van der Waals surface area (Å²) in [5, 5.41) is 17.9. The number of aliphatic carboxylic acids is 1. The topological polar surface area (TPSA) is 169 Å². The SMILES string of the molecule is CC(CNC(=O)C(C)NC(=O)C(C)N)COc1cccc2c1C[C@](NC(=O)OC(C)(C)C)(C(=O)O)CC2. The number of carboxylic acid groups (broad SMARTS) is 1. The zero-order valence-corrected chi connectivity index (χ0v) is 22.5. The first-order valence-electron chi connectivity index (χ1n) is 12.5. The molecule has 1 aromatic carbocycles. The summed E-state index contributed by atoms with van der Waals surface area (Å²) in [6, 6.07) is 4.09. The lowest BCUT2D eigenvalue weighted by molar-refractivity contribution is -0.145. The molecule has 0 spiro atoms. The molecule has 1 aliphatic carbocycles. The monoisotopic (exact) mass is 520 g/mol. The average molecular weight is 521 g/mol. The third kappa shape index (κ3) is 8.63. The van der Waals surface area contributed by atoms with Gasteiger partial charge in [-0.05, 0) is 59.1 Å². The van der Waals surface area contributed by atoms with Crippen LogP contribution in [0, 0.1) is 5.92 Å². The van der Waals surface area contributed by atoms with Gasteiger partial charge in [-0.1, -0.05) is 19.1 Å². The Morgan fingerprint density at radius 2 is 1.81 bits per heavy atom. The molecule has 0 saturated carbocycles. The minimum atomic E-state index is -1.52. The zero-order chi connectivity index (χ0) is 28.0. The van der Waals surface area contributed by atoms with Crippen LogP contribution in [0.1, 0.15) is 59.1 Å². The van der Waals surface area contributed by atoms with Crippen molar-refractivity contribution >= 4 is 23.9 Å². The number of aryl methyl sites for hydroxylation is 1. The van der Waals surface area contributed by atoms with Gasteiger partial charge < -0.3 is 36.3 Å². The van der Waals surface area contributed by atoms with Crippen molar-refractivity contribution in [1.29, 1.82) is 0 Å². The Labute approximate surface area is 217 Å². The van der Waals surface area contributed by atoms with Crippen LogP contribution >= 0.6 is 0 Å². The number of amides is 3. The fourth-order valence-corrected chi connectivity index (χ4v) is 3.89. The third-order valence-corrected chi connectivity index (χ3v) is 5.99. The van der Waals surface area contributed by atoms with Gasteiger partial charge in [-0.15, -0.1) is 0 Å². The van der Waals surface area contributed by atoms with Crippen LogP contribution < -0.4 is 26.4 Å². The minimum Gasteiger partial charge on any atom is -0.493 e. The summed E-state index contributed by atoms with van der Waals surface area (Å²) in [4.78, 5) is 48.7. The van der Waals surface area contributed by atoms with Gasteiger partial charge in [-0.3, -0.25) is 9.59 Å². The molecule has 4 atom stereocenters. The van der Waals surface area contributed by atoms with Gasteiger partial charge in [-0.2, -0.15) is 0 Å². The van der Waals surface area contributed by atoms with Crippen LogP contribution in [0.4, 0.5) is 4.79 Å². The molecule has 0 fully saturated rings. The van der Waals surface area contributed by atoms with E-state index in [0.29, 0.717) is 18.7 Å². The molecule has 11 heteroatoms. The van der Waals surface area contributed by atoms with Crippen LogP contribution in [0.3, 0.4) is 0 Å². The van der Waals surface area contributed by atoms with Crippen LogP contribution in [-0.2, 0) is 32.0 Å². The van der Waals surface area contributed by atoms with E-state index in [-0.39, 0.29) is 31.3 Å². The quantitative estimate of drug-likeness (QED) is 0.309. The normalized spacial score (nSPS) is 19.4. The van der Waals surface area contributed by atoms with Gasteiger partial charge in [-0.25, -0.2) is 9.59 Å². The van der Waals surface area contributed by atoms with E-state index < -0.39 is 41.2 Å². The maximum Gasteiger partial charge on any atom is 0.408 e. The number of hydrogen-bond donors (Lipinski definition) is 5. The number of nitrogens with one attached hydrogen (secondary N) is 3. The van der Waals surface area contributed by atoms with Gasteiger partial charge in [0.1, 0.15) is 22.9 Å². The van der Waals surface area contributed by atoms with Crippen LogP contribution in [-0.4, -0.2) is 65.4 Å². The number of nitrogens with two attached hydrogens (primary N) is 1.